The van der Waals surface area contributed by atoms with Crippen LogP contribution in [0.3, 0.4) is 0 Å². The molecule has 0 radical (unpaired) electrons. The number of hydrogen-bond acceptors (Lipinski definition) is 4. The molecule has 0 saturated heterocycles. The Morgan fingerprint density at radius 3 is 2.27 bits per heavy atom. The van der Waals surface area contributed by atoms with Crippen molar-refractivity contribution >= 4 is 28.9 Å². The highest BCUT2D eigenvalue weighted by molar-refractivity contribution is 7.80. The van der Waals surface area contributed by atoms with Crippen molar-refractivity contribution in [1.82, 2.24) is 5.32 Å². The zero-order chi connectivity index (χ0) is 18.8. The van der Waals surface area contributed by atoms with Crippen LogP contribution < -0.4 is 20.1 Å². The van der Waals surface area contributed by atoms with Gasteiger partial charge in [0.05, 0.1) is 13.7 Å². The number of amides is 1. The van der Waals surface area contributed by atoms with E-state index in [4.69, 9.17) is 21.7 Å². The molecule has 0 bridgehead atoms. The zero-order valence-corrected chi connectivity index (χ0v) is 15.9. The molecular formula is C20H24N2O3S. The molecule has 0 heterocycles. The molecule has 0 spiro atoms. The molecule has 2 rings (SSSR count). The molecular weight excluding hydrogens is 348 g/mol. The quantitative estimate of drug-likeness (QED) is 0.532. The average molecular weight is 372 g/mol. The number of benzene rings is 2. The minimum atomic E-state index is -0.270. The van der Waals surface area contributed by atoms with Crippen LogP contribution >= 0.6 is 12.2 Å². The summed E-state index contributed by atoms with van der Waals surface area (Å²) in [7, 11) is 1.61. The molecule has 2 aromatic carbocycles. The molecule has 0 aliphatic rings. The summed E-state index contributed by atoms with van der Waals surface area (Å²) in [4.78, 5) is 12.3. The van der Waals surface area contributed by atoms with Crippen molar-refractivity contribution in [2.45, 2.75) is 26.2 Å². The Morgan fingerprint density at radius 2 is 1.65 bits per heavy atom. The SMILES string of the molecule is CCCCCOc1ccc(C(=O)NC(=S)Nc2ccc(OC)cc2)cc1. The largest absolute Gasteiger partial charge is 0.497 e. The first-order chi connectivity index (χ1) is 12.6. The Labute approximate surface area is 159 Å². The second kappa shape index (κ2) is 10.4. The highest BCUT2D eigenvalue weighted by atomic mass is 32.1. The monoisotopic (exact) mass is 372 g/mol. The van der Waals surface area contributed by atoms with Crippen LogP contribution in [-0.4, -0.2) is 24.7 Å². The standard InChI is InChI=1S/C20H24N2O3S/c1-3-4-5-14-25-18-10-6-15(7-11-18)19(23)22-20(26)21-16-8-12-17(24-2)13-9-16/h6-13H,3-5,14H2,1-2H3,(H2,21,22,23,26). The summed E-state index contributed by atoms with van der Waals surface area (Å²) in [5, 5.41) is 5.86. The van der Waals surface area contributed by atoms with Crippen LogP contribution in [0.4, 0.5) is 5.69 Å². The summed E-state index contributed by atoms with van der Waals surface area (Å²) >= 11 is 5.18. The van der Waals surface area contributed by atoms with Crippen LogP contribution in [0, 0.1) is 0 Å². The third-order valence-electron chi connectivity index (χ3n) is 3.71. The second-order valence-electron chi connectivity index (χ2n) is 5.72. The molecule has 0 saturated carbocycles. The Kier molecular flexibility index (Phi) is 7.89. The van der Waals surface area contributed by atoms with Gasteiger partial charge in [-0.2, -0.15) is 0 Å². The van der Waals surface area contributed by atoms with E-state index in [1.807, 2.05) is 24.3 Å². The van der Waals surface area contributed by atoms with Gasteiger partial charge in [-0.25, -0.2) is 0 Å². The van der Waals surface area contributed by atoms with Gasteiger partial charge in [0.2, 0.25) is 0 Å². The molecule has 26 heavy (non-hydrogen) atoms. The Hall–Kier alpha value is -2.60. The molecule has 0 aliphatic heterocycles. The number of thiocarbonyl (C=S) groups is 1. The number of rotatable bonds is 8. The third kappa shape index (κ3) is 6.37. The number of anilines is 1. The summed E-state index contributed by atoms with van der Waals surface area (Å²) in [6, 6.07) is 14.3. The fraction of sp³-hybridized carbons (Fsp3) is 0.300. The number of carbonyl (C=O) groups excluding carboxylic acids is 1. The summed E-state index contributed by atoms with van der Waals surface area (Å²) in [5.41, 5.74) is 1.29. The first-order valence-electron chi connectivity index (χ1n) is 8.61. The van der Waals surface area contributed by atoms with Crippen molar-refractivity contribution in [2.75, 3.05) is 19.0 Å². The highest BCUT2D eigenvalue weighted by Gasteiger charge is 2.08. The number of carbonyl (C=O) groups is 1. The predicted molar refractivity (Wildman–Crippen MR) is 108 cm³/mol. The van der Waals surface area contributed by atoms with Crippen LogP contribution in [0.25, 0.3) is 0 Å². The van der Waals surface area contributed by atoms with Gasteiger partial charge in [-0.1, -0.05) is 19.8 Å². The van der Waals surface area contributed by atoms with Crippen molar-refractivity contribution in [3.8, 4) is 11.5 Å². The van der Waals surface area contributed by atoms with E-state index in [0.29, 0.717) is 12.2 Å². The molecule has 2 N–H and O–H groups in total. The van der Waals surface area contributed by atoms with Crippen LogP contribution in [-0.2, 0) is 0 Å². The zero-order valence-electron chi connectivity index (χ0n) is 15.1. The summed E-state index contributed by atoms with van der Waals surface area (Å²) < 4.78 is 10.7. The molecule has 0 atom stereocenters. The van der Waals surface area contributed by atoms with Gasteiger partial charge in [-0.05, 0) is 67.2 Å². The van der Waals surface area contributed by atoms with E-state index in [1.165, 1.54) is 0 Å². The summed E-state index contributed by atoms with van der Waals surface area (Å²) in [6.07, 6.45) is 3.34. The highest BCUT2D eigenvalue weighted by Crippen LogP contribution is 2.15. The van der Waals surface area contributed by atoms with E-state index in [1.54, 1.807) is 31.4 Å². The van der Waals surface area contributed by atoms with E-state index in [-0.39, 0.29) is 11.0 Å². The normalized spacial score (nSPS) is 10.1. The van der Waals surface area contributed by atoms with Gasteiger partial charge in [0, 0.05) is 11.3 Å². The van der Waals surface area contributed by atoms with E-state index < -0.39 is 0 Å². The maximum Gasteiger partial charge on any atom is 0.257 e. The minimum Gasteiger partial charge on any atom is -0.497 e. The Bertz CT molecular complexity index is 715. The molecule has 0 aliphatic carbocycles. The van der Waals surface area contributed by atoms with Gasteiger partial charge in [-0.15, -0.1) is 0 Å². The topological polar surface area (TPSA) is 59.6 Å². The van der Waals surface area contributed by atoms with E-state index in [2.05, 4.69) is 17.6 Å². The number of ether oxygens (including phenoxy) is 2. The first kappa shape index (κ1) is 19.7. The Morgan fingerprint density at radius 1 is 1.00 bits per heavy atom. The third-order valence-corrected chi connectivity index (χ3v) is 3.91. The molecule has 5 nitrogen and oxygen atoms in total. The molecule has 0 fully saturated rings. The minimum absolute atomic E-state index is 0.236. The fourth-order valence-corrected chi connectivity index (χ4v) is 2.47. The number of unbranched alkanes of at least 4 members (excludes halogenated alkanes) is 2. The molecule has 0 aromatic heterocycles. The van der Waals surface area contributed by atoms with Gasteiger partial charge in [0.25, 0.3) is 5.91 Å². The van der Waals surface area contributed by atoms with Crippen molar-refractivity contribution in [2.24, 2.45) is 0 Å². The molecule has 2 aromatic rings. The van der Waals surface area contributed by atoms with Crippen molar-refractivity contribution in [3.05, 3.63) is 54.1 Å². The lowest BCUT2D eigenvalue weighted by Gasteiger charge is -2.11. The van der Waals surface area contributed by atoms with Crippen LogP contribution in [0.2, 0.25) is 0 Å². The molecule has 138 valence electrons. The van der Waals surface area contributed by atoms with Gasteiger partial charge in [0.1, 0.15) is 11.5 Å². The molecule has 0 unspecified atom stereocenters. The van der Waals surface area contributed by atoms with E-state index in [0.717, 1.165) is 36.4 Å². The van der Waals surface area contributed by atoms with Gasteiger partial charge in [-0.3, -0.25) is 10.1 Å². The molecule has 6 heteroatoms. The Balaban J connectivity index is 1.83. The number of methoxy groups -OCH3 is 1. The van der Waals surface area contributed by atoms with Crippen molar-refractivity contribution in [3.63, 3.8) is 0 Å². The van der Waals surface area contributed by atoms with Gasteiger partial charge >= 0.3 is 0 Å². The van der Waals surface area contributed by atoms with Crippen LogP contribution in [0.1, 0.15) is 36.5 Å². The van der Waals surface area contributed by atoms with E-state index >= 15 is 0 Å². The van der Waals surface area contributed by atoms with E-state index in [9.17, 15) is 4.79 Å². The molecule has 1 amide bonds. The lowest BCUT2D eigenvalue weighted by molar-refractivity contribution is 0.0977. The van der Waals surface area contributed by atoms with Gasteiger partial charge < -0.3 is 14.8 Å². The van der Waals surface area contributed by atoms with Gasteiger partial charge in [0.15, 0.2) is 5.11 Å². The van der Waals surface area contributed by atoms with Crippen LogP contribution in [0.15, 0.2) is 48.5 Å². The maximum absolute atomic E-state index is 12.3. The first-order valence-corrected chi connectivity index (χ1v) is 9.02. The fourth-order valence-electron chi connectivity index (χ4n) is 2.26. The lowest BCUT2D eigenvalue weighted by atomic mass is 10.2. The lowest BCUT2D eigenvalue weighted by Crippen LogP contribution is -2.34. The summed E-state index contributed by atoms with van der Waals surface area (Å²) in [6.45, 7) is 2.84. The number of hydrogen-bond donors (Lipinski definition) is 2. The maximum atomic E-state index is 12.3. The average Bonchev–Trinajstić information content (AvgIpc) is 2.66. The second-order valence-corrected chi connectivity index (χ2v) is 6.12. The van der Waals surface area contributed by atoms with Crippen molar-refractivity contribution < 1.29 is 14.3 Å². The predicted octanol–water partition coefficient (Wildman–Crippen LogP) is 4.39. The smallest absolute Gasteiger partial charge is 0.257 e. The number of nitrogens with one attached hydrogen (secondary N) is 2. The van der Waals surface area contributed by atoms with Crippen molar-refractivity contribution in [1.29, 1.82) is 0 Å². The van der Waals surface area contributed by atoms with Crippen LogP contribution in [0.5, 0.6) is 11.5 Å². The summed E-state index contributed by atoms with van der Waals surface area (Å²) in [5.74, 6) is 1.24.